The molecule has 23 heavy (non-hydrogen) atoms. The van der Waals surface area contributed by atoms with Gasteiger partial charge in [0.25, 0.3) is 0 Å². The Morgan fingerprint density at radius 1 is 1.09 bits per heavy atom. The first-order valence-corrected chi connectivity index (χ1v) is 9.84. The van der Waals surface area contributed by atoms with Crippen molar-refractivity contribution in [2.24, 2.45) is 5.41 Å². The average molecular weight is 340 g/mol. The monoisotopic (exact) mass is 339 g/mol. The van der Waals surface area contributed by atoms with Gasteiger partial charge in [0.2, 0.25) is 10.0 Å². The summed E-state index contributed by atoms with van der Waals surface area (Å²) in [5, 5.41) is 0. The molecule has 0 atom stereocenters. The molecule has 1 fully saturated rings. The maximum absolute atomic E-state index is 13.2. The molecule has 0 spiro atoms. The van der Waals surface area contributed by atoms with E-state index in [2.05, 4.69) is 20.8 Å². The molecule has 1 aliphatic rings. The predicted octanol–water partition coefficient (Wildman–Crippen LogP) is 4.06. The van der Waals surface area contributed by atoms with Crippen molar-refractivity contribution in [3.8, 4) is 5.75 Å². The Morgan fingerprint density at radius 3 is 2.13 bits per heavy atom. The Labute approximate surface area is 140 Å². The van der Waals surface area contributed by atoms with Gasteiger partial charge in [0, 0.05) is 12.6 Å². The van der Waals surface area contributed by atoms with Gasteiger partial charge < -0.3 is 4.74 Å². The Morgan fingerprint density at radius 2 is 1.65 bits per heavy atom. The van der Waals surface area contributed by atoms with E-state index < -0.39 is 10.0 Å². The molecule has 1 aromatic rings. The van der Waals surface area contributed by atoms with Crippen LogP contribution in [0.1, 0.15) is 52.9 Å². The molecule has 2 rings (SSSR count). The number of hydrogen-bond donors (Lipinski definition) is 0. The van der Waals surface area contributed by atoms with Gasteiger partial charge in [-0.1, -0.05) is 40.0 Å². The van der Waals surface area contributed by atoms with Crippen LogP contribution in [0.15, 0.2) is 29.2 Å². The molecule has 5 heteroatoms. The molecule has 0 N–H and O–H groups in total. The van der Waals surface area contributed by atoms with Crippen LogP contribution in [0.3, 0.4) is 0 Å². The van der Waals surface area contributed by atoms with Crippen LogP contribution in [-0.2, 0) is 10.0 Å². The third kappa shape index (κ3) is 4.70. The summed E-state index contributed by atoms with van der Waals surface area (Å²) in [6.45, 7) is 6.82. The maximum Gasteiger partial charge on any atom is 0.243 e. The molecular weight excluding hydrogens is 310 g/mol. The smallest absolute Gasteiger partial charge is 0.243 e. The van der Waals surface area contributed by atoms with E-state index in [1.54, 1.807) is 35.7 Å². The first kappa shape index (κ1) is 18.3. The summed E-state index contributed by atoms with van der Waals surface area (Å²) < 4.78 is 33.3. The van der Waals surface area contributed by atoms with Gasteiger partial charge in [0.15, 0.2) is 0 Å². The van der Waals surface area contributed by atoms with Gasteiger partial charge in [-0.2, -0.15) is 4.31 Å². The predicted molar refractivity (Wildman–Crippen MR) is 93.2 cm³/mol. The zero-order chi connectivity index (χ0) is 17.1. The first-order chi connectivity index (χ1) is 10.7. The van der Waals surface area contributed by atoms with Gasteiger partial charge in [-0.3, -0.25) is 0 Å². The summed E-state index contributed by atoms with van der Waals surface area (Å²) in [7, 11) is -1.90. The molecule has 0 amide bonds. The van der Waals surface area contributed by atoms with Crippen molar-refractivity contribution >= 4 is 10.0 Å². The van der Waals surface area contributed by atoms with E-state index in [0.29, 0.717) is 17.2 Å². The minimum Gasteiger partial charge on any atom is -0.497 e. The van der Waals surface area contributed by atoms with E-state index in [1.165, 1.54) is 6.42 Å². The van der Waals surface area contributed by atoms with Crippen LogP contribution in [0.5, 0.6) is 5.75 Å². The largest absolute Gasteiger partial charge is 0.497 e. The van der Waals surface area contributed by atoms with Crippen LogP contribution in [-0.4, -0.2) is 32.4 Å². The number of sulfonamides is 1. The highest BCUT2D eigenvalue weighted by Crippen LogP contribution is 2.31. The summed E-state index contributed by atoms with van der Waals surface area (Å²) in [6, 6.07) is 6.83. The summed E-state index contributed by atoms with van der Waals surface area (Å²) in [5.41, 5.74) is -0.0724. The second kappa shape index (κ2) is 7.22. The van der Waals surface area contributed by atoms with Gasteiger partial charge in [-0.15, -0.1) is 0 Å². The first-order valence-electron chi connectivity index (χ1n) is 8.40. The molecule has 0 bridgehead atoms. The fraction of sp³-hybridized carbons (Fsp3) is 0.667. The molecule has 4 nitrogen and oxygen atoms in total. The van der Waals surface area contributed by atoms with Crippen molar-refractivity contribution in [3.63, 3.8) is 0 Å². The summed E-state index contributed by atoms with van der Waals surface area (Å²) in [4.78, 5) is 0.355. The third-order valence-corrected chi connectivity index (χ3v) is 6.19. The molecule has 1 aromatic carbocycles. The van der Waals surface area contributed by atoms with Crippen molar-refractivity contribution in [2.45, 2.75) is 63.8 Å². The fourth-order valence-corrected chi connectivity index (χ4v) is 5.04. The van der Waals surface area contributed by atoms with Crippen molar-refractivity contribution in [1.29, 1.82) is 0 Å². The van der Waals surface area contributed by atoms with E-state index >= 15 is 0 Å². The lowest BCUT2D eigenvalue weighted by Crippen LogP contribution is -2.45. The normalized spacial score (nSPS) is 17.4. The van der Waals surface area contributed by atoms with Crippen LogP contribution >= 0.6 is 0 Å². The fourth-order valence-electron chi connectivity index (χ4n) is 3.13. The zero-order valence-electron chi connectivity index (χ0n) is 14.7. The molecule has 0 radical (unpaired) electrons. The highest BCUT2D eigenvalue weighted by Gasteiger charge is 2.34. The molecule has 0 heterocycles. The second-order valence-corrected chi connectivity index (χ2v) is 9.47. The molecule has 0 aromatic heterocycles. The van der Waals surface area contributed by atoms with Gasteiger partial charge in [0.1, 0.15) is 5.75 Å². The summed E-state index contributed by atoms with van der Waals surface area (Å²) in [5.74, 6) is 0.670. The number of nitrogens with zero attached hydrogens (tertiary/aromatic N) is 1. The number of benzene rings is 1. The van der Waals surface area contributed by atoms with Crippen molar-refractivity contribution in [2.75, 3.05) is 13.7 Å². The molecular formula is C18H29NO3S. The minimum atomic E-state index is -3.48. The number of methoxy groups -OCH3 is 1. The van der Waals surface area contributed by atoms with Crippen LogP contribution in [0, 0.1) is 5.41 Å². The Hall–Kier alpha value is -1.07. The Bertz CT molecular complexity index is 596. The van der Waals surface area contributed by atoms with E-state index in [4.69, 9.17) is 4.74 Å². The van der Waals surface area contributed by atoms with E-state index in [9.17, 15) is 8.42 Å². The van der Waals surface area contributed by atoms with Gasteiger partial charge in [-0.05, 0) is 42.5 Å². The highest BCUT2D eigenvalue weighted by atomic mass is 32.2. The minimum absolute atomic E-state index is 0.0724. The molecule has 0 saturated heterocycles. The highest BCUT2D eigenvalue weighted by molar-refractivity contribution is 7.89. The SMILES string of the molecule is COc1ccc(S(=O)(=O)N(CC(C)(C)C)C2CCCCC2)cc1. The van der Waals surface area contributed by atoms with Crippen LogP contribution < -0.4 is 4.74 Å². The van der Waals surface area contributed by atoms with Crippen molar-refractivity contribution in [1.82, 2.24) is 4.31 Å². The lowest BCUT2D eigenvalue weighted by molar-refractivity contribution is 0.197. The van der Waals surface area contributed by atoms with Gasteiger partial charge in [-0.25, -0.2) is 8.42 Å². The summed E-state index contributed by atoms with van der Waals surface area (Å²) >= 11 is 0. The maximum atomic E-state index is 13.2. The lowest BCUT2D eigenvalue weighted by atomic mass is 9.92. The van der Waals surface area contributed by atoms with Crippen LogP contribution in [0.25, 0.3) is 0 Å². The van der Waals surface area contributed by atoms with Crippen LogP contribution in [0.4, 0.5) is 0 Å². The standard InChI is InChI=1S/C18H29NO3S/c1-18(2,3)14-19(15-8-6-5-7-9-15)23(20,21)17-12-10-16(22-4)11-13-17/h10-13,15H,5-9,14H2,1-4H3. The van der Waals surface area contributed by atoms with E-state index in [0.717, 1.165) is 25.7 Å². The van der Waals surface area contributed by atoms with Gasteiger partial charge >= 0.3 is 0 Å². The molecule has 0 unspecified atom stereocenters. The van der Waals surface area contributed by atoms with E-state index in [-0.39, 0.29) is 11.5 Å². The van der Waals surface area contributed by atoms with E-state index in [1.807, 2.05) is 0 Å². The van der Waals surface area contributed by atoms with Crippen molar-refractivity contribution in [3.05, 3.63) is 24.3 Å². The molecule has 1 aliphatic carbocycles. The number of hydrogen-bond acceptors (Lipinski definition) is 3. The Kier molecular flexibility index (Phi) is 5.74. The van der Waals surface area contributed by atoms with Crippen molar-refractivity contribution < 1.29 is 13.2 Å². The Balaban J connectivity index is 2.34. The molecule has 130 valence electrons. The molecule has 0 aliphatic heterocycles. The number of rotatable bonds is 5. The number of ether oxygens (including phenoxy) is 1. The van der Waals surface area contributed by atoms with Crippen LogP contribution in [0.2, 0.25) is 0 Å². The topological polar surface area (TPSA) is 46.6 Å². The quantitative estimate of drug-likeness (QED) is 0.812. The summed E-state index contributed by atoms with van der Waals surface area (Å²) in [6.07, 6.45) is 5.37. The lowest BCUT2D eigenvalue weighted by Gasteiger charge is -2.37. The zero-order valence-corrected chi connectivity index (χ0v) is 15.5. The average Bonchev–Trinajstić information content (AvgIpc) is 2.52. The third-order valence-electron chi connectivity index (χ3n) is 4.28. The second-order valence-electron chi connectivity index (χ2n) is 7.58. The molecule has 1 saturated carbocycles. The van der Waals surface area contributed by atoms with Gasteiger partial charge in [0.05, 0.1) is 12.0 Å².